The smallest absolute Gasteiger partial charge is 0.217 e. The summed E-state index contributed by atoms with van der Waals surface area (Å²) in [6.07, 6.45) is 2.74. The first-order valence-corrected chi connectivity index (χ1v) is 6.85. The number of hydrogen-bond acceptors (Lipinski definition) is 3. The highest BCUT2D eigenvalue weighted by Gasteiger charge is 2.24. The zero-order valence-electron chi connectivity index (χ0n) is 9.41. The summed E-state index contributed by atoms with van der Waals surface area (Å²) in [6, 6.07) is 2.11. The Kier molecular flexibility index (Phi) is 4.09. The van der Waals surface area contributed by atoms with E-state index in [0.29, 0.717) is 5.15 Å². The van der Waals surface area contributed by atoms with Crippen molar-refractivity contribution >= 4 is 45.8 Å². The second-order valence-corrected chi connectivity index (χ2v) is 5.64. The first-order chi connectivity index (χ1) is 8.06. The van der Waals surface area contributed by atoms with E-state index in [-0.39, 0.29) is 11.9 Å². The second-order valence-electron chi connectivity index (χ2n) is 4.09. The van der Waals surface area contributed by atoms with Gasteiger partial charge < -0.3 is 10.2 Å². The number of nitrogens with zero attached hydrogens (tertiary/aromatic N) is 2. The van der Waals surface area contributed by atoms with Crippen LogP contribution in [0.25, 0.3) is 0 Å². The zero-order chi connectivity index (χ0) is 12.4. The topological polar surface area (TPSA) is 45.2 Å². The van der Waals surface area contributed by atoms with Crippen molar-refractivity contribution in [3.05, 3.63) is 21.0 Å². The molecule has 1 aromatic rings. The Bertz CT molecular complexity index is 441. The maximum atomic E-state index is 11.0. The number of aromatic nitrogens is 1. The van der Waals surface area contributed by atoms with E-state index in [9.17, 15) is 4.79 Å². The van der Waals surface area contributed by atoms with E-state index in [0.717, 1.165) is 28.8 Å². The van der Waals surface area contributed by atoms with Gasteiger partial charge in [0.05, 0.1) is 9.26 Å². The Morgan fingerprint density at radius 1 is 1.71 bits per heavy atom. The van der Waals surface area contributed by atoms with Crippen LogP contribution >= 0.6 is 34.2 Å². The minimum atomic E-state index is 0.0271. The highest BCUT2D eigenvalue weighted by Crippen LogP contribution is 2.27. The van der Waals surface area contributed by atoms with E-state index < -0.39 is 0 Å². The Morgan fingerprint density at radius 3 is 3.18 bits per heavy atom. The summed E-state index contributed by atoms with van der Waals surface area (Å²) >= 11 is 8.15. The molecule has 0 unspecified atom stereocenters. The number of pyridine rings is 1. The molecule has 4 nitrogen and oxygen atoms in total. The van der Waals surface area contributed by atoms with Crippen LogP contribution < -0.4 is 10.2 Å². The van der Waals surface area contributed by atoms with Crippen LogP contribution in [0.2, 0.25) is 5.15 Å². The van der Waals surface area contributed by atoms with Gasteiger partial charge in [-0.1, -0.05) is 11.6 Å². The lowest BCUT2D eigenvalue weighted by Gasteiger charge is -2.20. The summed E-state index contributed by atoms with van der Waals surface area (Å²) in [5.41, 5.74) is 1.10. The molecule has 0 radical (unpaired) electrons. The number of carbonyl (C=O) groups excluding carboxylic acids is 1. The number of amides is 1. The predicted molar refractivity (Wildman–Crippen MR) is 76.4 cm³/mol. The molecule has 1 saturated heterocycles. The van der Waals surface area contributed by atoms with Crippen LogP contribution in [-0.2, 0) is 4.79 Å². The number of hydrogen-bond donors (Lipinski definition) is 1. The molecule has 1 aliphatic rings. The Hall–Kier alpha value is -0.560. The molecule has 0 spiro atoms. The van der Waals surface area contributed by atoms with Gasteiger partial charge in [0, 0.05) is 32.3 Å². The molecule has 6 heteroatoms. The van der Waals surface area contributed by atoms with E-state index in [1.54, 1.807) is 13.1 Å². The maximum absolute atomic E-state index is 11.0. The molecular formula is C11H13ClIN3O. The van der Waals surface area contributed by atoms with Gasteiger partial charge >= 0.3 is 0 Å². The quantitative estimate of drug-likeness (QED) is 0.644. The summed E-state index contributed by atoms with van der Waals surface area (Å²) in [4.78, 5) is 17.3. The molecule has 1 amide bonds. The molecule has 1 aromatic heterocycles. The van der Waals surface area contributed by atoms with Gasteiger partial charge in [-0.05, 0) is 35.1 Å². The van der Waals surface area contributed by atoms with Gasteiger partial charge in [-0.15, -0.1) is 0 Å². The lowest BCUT2D eigenvalue weighted by atomic mass is 10.2. The molecule has 0 aliphatic carbocycles. The van der Waals surface area contributed by atoms with Crippen molar-refractivity contribution < 1.29 is 4.79 Å². The van der Waals surface area contributed by atoms with Gasteiger partial charge in [-0.25, -0.2) is 4.98 Å². The standard InChI is InChI=1S/C11H13ClIN3O/c1-7(17)15-8-2-3-16(6-8)10-4-11(12)14-5-9(10)13/h4-5,8H,2-3,6H2,1H3,(H,15,17)/t8-/m0/s1. The van der Waals surface area contributed by atoms with Crippen LogP contribution in [0.5, 0.6) is 0 Å². The summed E-state index contributed by atoms with van der Waals surface area (Å²) < 4.78 is 1.08. The summed E-state index contributed by atoms with van der Waals surface area (Å²) in [5, 5.41) is 3.45. The fourth-order valence-corrected chi connectivity index (χ4v) is 2.82. The van der Waals surface area contributed by atoms with E-state index in [1.807, 2.05) is 6.07 Å². The molecule has 2 rings (SSSR count). The first kappa shape index (κ1) is 12.9. The molecule has 1 fully saturated rings. The number of nitrogens with one attached hydrogen (secondary N) is 1. The predicted octanol–water partition coefficient (Wildman–Crippen LogP) is 2.05. The largest absolute Gasteiger partial charge is 0.368 e. The van der Waals surface area contributed by atoms with Gasteiger partial charge in [-0.3, -0.25) is 4.79 Å². The fourth-order valence-electron chi connectivity index (χ4n) is 2.03. The van der Waals surface area contributed by atoms with Gasteiger partial charge in [0.1, 0.15) is 5.15 Å². The molecule has 92 valence electrons. The van der Waals surface area contributed by atoms with Gasteiger partial charge in [0.2, 0.25) is 5.91 Å². The van der Waals surface area contributed by atoms with Gasteiger partial charge in [-0.2, -0.15) is 0 Å². The molecule has 2 heterocycles. The molecule has 1 atom stereocenters. The third-order valence-corrected chi connectivity index (χ3v) is 3.78. The molecular weight excluding hydrogens is 352 g/mol. The lowest BCUT2D eigenvalue weighted by Crippen LogP contribution is -2.35. The SMILES string of the molecule is CC(=O)N[C@H]1CCN(c2cc(Cl)ncc2I)C1. The zero-order valence-corrected chi connectivity index (χ0v) is 12.3. The molecule has 1 N–H and O–H groups in total. The van der Waals surface area contributed by atoms with Crippen molar-refractivity contribution in [3.63, 3.8) is 0 Å². The fraction of sp³-hybridized carbons (Fsp3) is 0.455. The average molecular weight is 366 g/mol. The Balaban J connectivity index is 2.09. The van der Waals surface area contributed by atoms with Crippen LogP contribution in [-0.4, -0.2) is 30.0 Å². The monoisotopic (exact) mass is 365 g/mol. The minimum absolute atomic E-state index is 0.0271. The van der Waals surface area contributed by atoms with Crippen LogP contribution in [0.4, 0.5) is 5.69 Å². The second kappa shape index (κ2) is 5.39. The van der Waals surface area contributed by atoms with E-state index in [2.05, 4.69) is 37.8 Å². The normalized spacial score (nSPS) is 19.5. The Morgan fingerprint density at radius 2 is 2.47 bits per heavy atom. The first-order valence-electron chi connectivity index (χ1n) is 5.39. The van der Waals surface area contributed by atoms with Crippen molar-refractivity contribution in [1.82, 2.24) is 10.3 Å². The molecule has 0 bridgehead atoms. The summed E-state index contributed by atoms with van der Waals surface area (Å²) in [5.74, 6) is 0.0271. The molecule has 17 heavy (non-hydrogen) atoms. The molecule has 0 saturated carbocycles. The average Bonchev–Trinajstić information content (AvgIpc) is 2.69. The van der Waals surface area contributed by atoms with Crippen molar-refractivity contribution in [2.45, 2.75) is 19.4 Å². The minimum Gasteiger partial charge on any atom is -0.368 e. The summed E-state index contributed by atoms with van der Waals surface area (Å²) in [7, 11) is 0. The van der Waals surface area contributed by atoms with Crippen LogP contribution in [0.3, 0.4) is 0 Å². The van der Waals surface area contributed by atoms with Crippen molar-refractivity contribution in [2.24, 2.45) is 0 Å². The van der Waals surface area contributed by atoms with Crippen molar-refractivity contribution in [3.8, 4) is 0 Å². The van der Waals surface area contributed by atoms with Crippen molar-refractivity contribution in [1.29, 1.82) is 0 Å². The maximum Gasteiger partial charge on any atom is 0.217 e. The van der Waals surface area contributed by atoms with Crippen molar-refractivity contribution in [2.75, 3.05) is 18.0 Å². The Labute approximate surface area is 119 Å². The van der Waals surface area contributed by atoms with E-state index >= 15 is 0 Å². The van der Waals surface area contributed by atoms with Gasteiger partial charge in [0.25, 0.3) is 0 Å². The van der Waals surface area contributed by atoms with Crippen LogP contribution in [0.1, 0.15) is 13.3 Å². The third-order valence-electron chi connectivity index (χ3n) is 2.74. The van der Waals surface area contributed by atoms with E-state index in [1.165, 1.54) is 0 Å². The van der Waals surface area contributed by atoms with Crippen LogP contribution in [0, 0.1) is 3.57 Å². The van der Waals surface area contributed by atoms with Gasteiger partial charge in [0.15, 0.2) is 0 Å². The molecule has 1 aliphatic heterocycles. The van der Waals surface area contributed by atoms with Crippen LogP contribution in [0.15, 0.2) is 12.3 Å². The highest BCUT2D eigenvalue weighted by atomic mass is 127. The lowest BCUT2D eigenvalue weighted by molar-refractivity contribution is -0.119. The summed E-state index contributed by atoms with van der Waals surface area (Å²) in [6.45, 7) is 3.31. The third kappa shape index (κ3) is 3.22. The number of anilines is 1. The highest BCUT2D eigenvalue weighted by molar-refractivity contribution is 14.1. The number of halogens is 2. The number of carbonyl (C=O) groups is 1. The molecule has 0 aromatic carbocycles. The van der Waals surface area contributed by atoms with E-state index in [4.69, 9.17) is 11.6 Å². The number of rotatable bonds is 2.